The molecule has 0 atom stereocenters. The second-order valence-electron chi connectivity index (χ2n) is 7.32. The Morgan fingerprint density at radius 3 is 2.52 bits per heavy atom. The van der Waals surface area contributed by atoms with Crippen LogP contribution < -0.4 is 10.1 Å². The Morgan fingerprint density at radius 2 is 1.85 bits per heavy atom. The van der Waals surface area contributed by atoms with E-state index in [-0.39, 0.29) is 29.7 Å². The highest BCUT2D eigenvalue weighted by Crippen LogP contribution is 2.16. The predicted molar refractivity (Wildman–Crippen MR) is 137 cm³/mol. The van der Waals surface area contributed by atoms with E-state index in [1.54, 1.807) is 24.3 Å². The molecule has 3 aromatic rings. The minimum absolute atomic E-state index is 0. The van der Waals surface area contributed by atoms with Crippen molar-refractivity contribution in [2.45, 2.75) is 33.0 Å². The number of alkyl halides is 2. The molecular formula is C24H30F2IN5O. The number of nitrogens with one attached hydrogen (secondary N) is 1. The van der Waals surface area contributed by atoms with Gasteiger partial charge in [0, 0.05) is 52.0 Å². The standard InChI is InChI=1S/C24H29F2N5O.HI/c1-3-27-24(30(2)17-20-9-11-21(12-10-20)32-23(25)26)29-14-13-22-28-15-16-31(22)18-19-7-5-4-6-8-19;/h4-12,15-16,23H,3,13-14,17-18H2,1-2H3,(H,27,29);1H. The molecule has 2 aromatic carbocycles. The van der Waals surface area contributed by atoms with Crippen LogP contribution in [0.15, 0.2) is 72.0 Å². The van der Waals surface area contributed by atoms with Gasteiger partial charge in [0.25, 0.3) is 0 Å². The first-order valence-corrected chi connectivity index (χ1v) is 10.6. The van der Waals surface area contributed by atoms with Crippen LogP contribution in [0.5, 0.6) is 5.75 Å². The average molecular weight is 569 g/mol. The van der Waals surface area contributed by atoms with Crippen LogP contribution in [-0.4, -0.2) is 47.2 Å². The van der Waals surface area contributed by atoms with Gasteiger partial charge in [0.2, 0.25) is 0 Å². The Balaban J connectivity index is 0.00000385. The van der Waals surface area contributed by atoms with Gasteiger partial charge < -0.3 is 19.5 Å². The van der Waals surface area contributed by atoms with Crippen LogP contribution in [0, 0.1) is 0 Å². The molecule has 0 saturated heterocycles. The van der Waals surface area contributed by atoms with Gasteiger partial charge in [-0.2, -0.15) is 8.78 Å². The molecule has 3 rings (SSSR count). The van der Waals surface area contributed by atoms with Crippen LogP contribution in [0.25, 0.3) is 0 Å². The fraction of sp³-hybridized carbons (Fsp3) is 0.333. The molecule has 33 heavy (non-hydrogen) atoms. The van der Waals surface area contributed by atoms with Crippen LogP contribution in [0.3, 0.4) is 0 Å². The van der Waals surface area contributed by atoms with Crippen LogP contribution in [0.4, 0.5) is 8.78 Å². The summed E-state index contributed by atoms with van der Waals surface area (Å²) in [5, 5.41) is 3.30. The van der Waals surface area contributed by atoms with Crippen molar-refractivity contribution in [1.29, 1.82) is 0 Å². The smallest absolute Gasteiger partial charge is 0.387 e. The number of guanidine groups is 1. The number of benzene rings is 2. The molecule has 0 aliphatic rings. The van der Waals surface area contributed by atoms with Gasteiger partial charge in [0.05, 0.1) is 0 Å². The summed E-state index contributed by atoms with van der Waals surface area (Å²) in [6, 6.07) is 16.9. The van der Waals surface area contributed by atoms with E-state index in [1.165, 1.54) is 5.56 Å². The average Bonchev–Trinajstić information content (AvgIpc) is 3.21. The van der Waals surface area contributed by atoms with E-state index < -0.39 is 6.61 Å². The molecular weight excluding hydrogens is 539 g/mol. The van der Waals surface area contributed by atoms with Gasteiger partial charge >= 0.3 is 6.61 Å². The molecule has 0 radical (unpaired) electrons. The second kappa shape index (κ2) is 13.8. The highest BCUT2D eigenvalue weighted by atomic mass is 127. The van der Waals surface area contributed by atoms with Crippen LogP contribution in [-0.2, 0) is 19.5 Å². The maximum atomic E-state index is 12.3. The fourth-order valence-corrected chi connectivity index (χ4v) is 3.35. The van der Waals surface area contributed by atoms with E-state index in [2.05, 4.69) is 31.7 Å². The summed E-state index contributed by atoms with van der Waals surface area (Å²) in [5.41, 5.74) is 2.20. The molecule has 0 unspecified atom stereocenters. The molecule has 1 aromatic heterocycles. The summed E-state index contributed by atoms with van der Waals surface area (Å²) in [5.74, 6) is 1.92. The molecule has 1 N–H and O–H groups in total. The second-order valence-corrected chi connectivity index (χ2v) is 7.32. The molecule has 178 valence electrons. The Bertz CT molecular complexity index is 980. The summed E-state index contributed by atoms with van der Waals surface area (Å²) in [6.07, 6.45) is 4.54. The first kappa shape index (κ1) is 26.6. The molecule has 0 amide bonds. The number of rotatable bonds is 10. The lowest BCUT2D eigenvalue weighted by atomic mass is 10.2. The first-order valence-electron chi connectivity index (χ1n) is 10.6. The highest BCUT2D eigenvalue weighted by molar-refractivity contribution is 14.0. The molecule has 0 aliphatic heterocycles. The van der Waals surface area contributed by atoms with E-state index in [4.69, 9.17) is 4.99 Å². The van der Waals surface area contributed by atoms with Crippen molar-refractivity contribution in [2.24, 2.45) is 4.99 Å². The summed E-state index contributed by atoms with van der Waals surface area (Å²) in [4.78, 5) is 11.2. The van der Waals surface area contributed by atoms with Gasteiger partial charge in [-0.1, -0.05) is 42.5 Å². The van der Waals surface area contributed by atoms with Crippen molar-refractivity contribution >= 4 is 29.9 Å². The molecule has 9 heteroatoms. The Hall–Kier alpha value is -2.69. The molecule has 0 fully saturated rings. The number of ether oxygens (including phenoxy) is 1. The summed E-state index contributed by atoms with van der Waals surface area (Å²) in [7, 11) is 1.95. The predicted octanol–water partition coefficient (Wildman–Crippen LogP) is 4.79. The van der Waals surface area contributed by atoms with Gasteiger partial charge in [0.15, 0.2) is 5.96 Å². The first-order chi connectivity index (χ1) is 15.5. The Kier molecular flexibility index (Phi) is 11.1. The number of halogens is 3. The monoisotopic (exact) mass is 569 g/mol. The van der Waals surface area contributed by atoms with Crippen molar-refractivity contribution in [2.75, 3.05) is 20.1 Å². The minimum atomic E-state index is -2.82. The molecule has 0 bridgehead atoms. The quantitative estimate of drug-likeness (QED) is 0.217. The minimum Gasteiger partial charge on any atom is -0.435 e. The molecule has 0 spiro atoms. The zero-order valence-corrected chi connectivity index (χ0v) is 21.2. The van der Waals surface area contributed by atoms with Crippen LogP contribution in [0.1, 0.15) is 23.9 Å². The molecule has 6 nitrogen and oxygen atoms in total. The van der Waals surface area contributed by atoms with E-state index in [0.717, 1.165) is 36.9 Å². The normalized spacial score (nSPS) is 11.2. The zero-order chi connectivity index (χ0) is 22.8. The zero-order valence-electron chi connectivity index (χ0n) is 18.8. The van der Waals surface area contributed by atoms with Gasteiger partial charge in [-0.25, -0.2) is 4.98 Å². The van der Waals surface area contributed by atoms with Crippen LogP contribution in [0.2, 0.25) is 0 Å². The van der Waals surface area contributed by atoms with Crippen molar-refractivity contribution in [3.8, 4) is 5.75 Å². The Morgan fingerprint density at radius 1 is 1.12 bits per heavy atom. The third kappa shape index (κ3) is 8.64. The number of nitrogens with zero attached hydrogens (tertiary/aromatic N) is 4. The SMILES string of the molecule is CCNC(=NCCc1nccn1Cc1ccccc1)N(C)Cc1ccc(OC(F)F)cc1.I. The molecule has 1 heterocycles. The van der Waals surface area contributed by atoms with Gasteiger partial charge in [-0.3, -0.25) is 4.99 Å². The lowest BCUT2D eigenvalue weighted by Crippen LogP contribution is -2.38. The lowest BCUT2D eigenvalue weighted by Gasteiger charge is -2.22. The van der Waals surface area contributed by atoms with E-state index in [0.29, 0.717) is 13.1 Å². The number of aliphatic imine (C=N–C) groups is 1. The maximum Gasteiger partial charge on any atom is 0.387 e. The summed E-state index contributed by atoms with van der Waals surface area (Å²) in [6.45, 7) is 1.91. The highest BCUT2D eigenvalue weighted by Gasteiger charge is 2.09. The van der Waals surface area contributed by atoms with Gasteiger partial charge in [-0.15, -0.1) is 24.0 Å². The third-order valence-electron chi connectivity index (χ3n) is 4.86. The van der Waals surface area contributed by atoms with Crippen molar-refractivity contribution < 1.29 is 13.5 Å². The van der Waals surface area contributed by atoms with E-state index >= 15 is 0 Å². The number of imidazole rings is 1. The van der Waals surface area contributed by atoms with Gasteiger partial charge in [0.1, 0.15) is 11.6 Å². The molecule has 0 saturated carbocycles. The van der Waals surface area contributed by atoms with Crippen molar-refractivity contribution in [1.82, 2.24) is 19.8 Å². The maximum absolute atomic E-state index is 12.3. The third-order valence-corrected chi connectivity index (χ3v) is 4.86. The number of hydrogen-bond acceptors (Lipinski definition) is 3. The van der Waals surface area contributed by atoms with E-state index in [1.807, 2.05) is 49.5 Å². The lowest BCUT2D eigenvalue weighted by molar-refractivity contribution is -0.0498. The van der Waals surface area contributed by atoms with Crippen molar-refractivity contribution in [3.63, 3.8) is 0 Å². The largest absolute Gasteiger partial charge is 0.435 e. The number of aromatic nitrogens is 2. The summed E-state index contributed by atoms with van der Waals surface area (Å²) < 4.78 is 31.2. The fourth-order valence-electron chi connectivity index (χ4n) is 3.35. The van der Waals surface area contributed by atoms with Crippen molar-refractivity contribution in [3.05, 3.63) is 83.9 Å². The summed E-state index contributed by atoms with van der Waals surface area (Å²) >= 11 is 0. The topological polar surface area (TPSA) is 54.7 Å². The molecule has 0 aliphatic carbocycles. The van der Waals surface area contributed by atoms with E-state index in [9.17, 15) is 8.78 Å². The Labute approximate surface area is 210 Å². The van der Waals surface area contributed by atoms with Gasteiger partial charge in [-0.05, 0) is 30.2 Å². The number of hydrogen-bond donors (Lipinski definition) is 1. The van der Waals surface area contributed by atoms with Crippen LogP contribution >= 0.6 is 24.0 Å².